The van der Waals surface area contributed by atoms with E-state index < -0.39 is 0 Å². The summed E-state index contributed by atoms with van der Waals surface area (Å²) in [6.45, 7) is 3.30. The van der Waals surface area contributed by atoms with Crippen LogP contribution in [0.15, 0.2) is 49.3 Å². The van der Waals surface area contributed by atoms with Crippen LogP contribution in [0.5, 0.6) is 5.88 Å². The summed E-state index contributed by atoms with van der Waals surface area (Å²) in [7, 11) is 1.82. The molecule has 1 saturated carbocycles. The Morgan fingerprint density at radius 1 is 1.02 bits per heavy atom. The summed E-state index contributed by atoms with van der Waals surface area (Å²) < 4.78 is 15.9. The van der Waals surface area contributed by atoms with E-state index >= 15 is 0 Å². The number of hydrogen-bond donors (Lipinski definition) is 3. The van der Waals surface area contributed by atoms with Gasteiger partial charge in [0.2, 0.25) is 17.8 Å². The number of imidazole rings is 1. The molecule has 0 unspecified atom stereocenters. The molecule has 0 radical (unpaired) electrons. The van der Waals surface area contributed by atoms with Crippen molar-refractivity contribution in [2.24, 2.45) is 7.05 Å². The van der Waals surface area contributed by atoms with E-state index in [-0.39, 0.29) is 6.10 Å². The maximum atomic E-state index is 9.30. The Kier molecular flexibility index (Phi) is 7.85. The fourth-order valence-electron chi connectivity index (χ4n) is 5.75. The average molecular weight is 599 g/mol. The van der Waals surface area contributed by atoms with E-state index in [9.17, 15) is 5.21 Å². The molecule has 3 N–H and O–H groups in total. The standard InChI is InChI=1S/C29H34N12O3/c1-39-21(16-33-29(39)38-42)17-41-18-34-37-26(41)19-13-23-24(32-15-19)14-25(40-9-11-43-12-10-40)36-27(23)44-22-5-3-20(4-6-22)35-28-30-7-2-8-31-28/h2,7-8,13-16,18,20,22,42H,3-6,9-12,17H2,1H3,(H,33,38)(H,30,31,35). The van der Waals surface area contributed by atoms with Gasteiger partial charge in [-0.15, -0.1) is 10.2 Å². The van der Waals surface area contributed by atoms with Crippen molar-refractivity contribution in [1.29, 1.82) is 0 Å². The maximum Gasteiger partial charge on any atom is 0.227 e. The van der Waals surface area contributed by atoms with Gasteiger partial charge in [0.15, 0.2) is 5.82 Å². The van der Waals surface area contributed by atoms with E-state index in [1.165, 1.54) is 0 Å². The molecule has 0 aromatic carbocycles. The smallest absolute Gasteiger partial charge is 0.227 e. The van der Waals surface area contributed by atoms with Crippen LogP contribution in [0.1, 0.15) is 31.4 Å². The number of anilines is 3. The highest BCUT2D eigenvalue weighted by molar-refractivity contribution is 5.88. The molecular weight excluding hydrogens is 564 g/mol. The fraction of sp³-hybridized carbons (Fsp3) is 0.414. The van der Waals surface area contributed by atoms with Crippen LogP contribution in [0.3, 0.4) is 0 Å². The number of pyridine rings is 2. The SMILES string of the molecule is Cn1c(Cn2cnnc2-c2cnc3cc(N4CCOCC4)nc(OC4CCC(Nc5ncccn5)CC4)c3c2)cnc1NO. The first-order chi connectivity index (χ1) is 21.6. The molecule has 2 fully saturated rings. The fourth-order valence-corrected chi connectivity index (χ4v) is 5.75. The van der Waals surface area contributed by atoms with Crippen molar-refractivity contribution in [3.05, 3.63) is 55.0 Å². The minimum Gasteiger partial charge on any atom is -0.474 e. The molecule has 5 aromatic heterocycles. The molecule has 1 aliphatic carbocycles. The molecular formula is C29H34N12O3. The van der Waals surface area contributed by atoms with Crippen LogP contribution in [0.25, 0.3) is 22.3 Å². The van der Waals surface area contributed by atoms with E-state index in [4.69, 9.17) is 19.4 Å². The van der Waals surface area contributed by atoms with Crippen LogP contribution in [0, 0.1) is 0 Å². The lowest BCUT2D eigenvalue weighted by Crippen LogP contribution is -2.37. The van der Waals surface area contributed by atoms with Crippen LogP contribution in [-0.4, -0.2) is 87.9 Å². The Balaban J connectivity index is 1.16. The highest BCUT2D eigenvalue weighted by Gasteiger charge is 2.25. The normalized spacial score (nSPS) is 18.8. The number of hydrogen-bond acceptors (Lipinski definition) is 13. The molecule has 0 amide bonds. The van der Waals surface area contributed by atoms with Gasteiger partial charge in [-0.3, -0.25) is 10.2 Å². The van der Waals surface area contributed by atoms with Crippen LogP contribution in [-0.2, 0) is 18.3 Å². The zero-order valence-electron chi connectivity index (χ0n) is 24.4. The topological polar surface area (TPSA) is 166 Å². The molecule has 228 valence electrons. The Labute approximate surface area is 253 Å². The predicted octanol–water partition coefficient (Wildman–Crippen LogP) is 2.90. The summed E-state index contributed by atoms with van der Waals surface area (Å²) >= 11 is 0. The lowest BCUT2D eigenvalue weighted by molar-refractivity contribution is 0.122. The zero-order valence-corrected chi connectivity index (χ0v) is 24.4. The van der Waals surface area contributed by atoms with Gasteiger partial charge in [-0.25, -0.2) is 20.4 Å². The first-order valence-corrected chi connectivity index (χ1v) is 14.8. The largest absolute Gasteiger partial charge is 0.474 e. The number of nitrogens with zero attached hydrogens (tertiary/aromatic N) is 10. The van der Waals surface area contributed by atoms with E-state index in [2.05, 4.69) is 40.8 Å². The molecule has 2 aliphatic rings. The van der Waals surface area contributed by atoms with Gasteiger partial charge in [0.25, 0.3) is 0 Å². The quantitative estimate of drug-likeness (QED) is 0.212. The molecule has 7 rings (SSSR count). The second-order valence-corrected chi connectivity index (χ2v) is 11.0. The van der Waals surface area contributed by atoms with Crippen molar-refractivity contribution >= 4 is 28.6 Å². The van der Waals surface area contributed by atoms with Gasteiger partial charge in [-0.1, -0.05) is 0 Å². The molecule has 44 heavy (non-hydrogen) atoms. The number of fused-ring (bicyclic) bond motifs is 1. The molecule has 0 bridgehead atoms. The van der Waals surface area contributed by atoms with Crippen LogP contribution >= 0.6 is 0 Å². The Bertz CT molecular complexity index is 1710. The summed E-state index contributed by atoms with van der Waals surface area (Å²) in [4.78, 5) is 24.9. The number of morpholine rings is 1. The first-order valence-electron chi connectivity index (χ1n) is 14.8. The van der Waals surface area contributed by atoms with Crippen molar-refractivity contribution in [2.45, 2.75) is 44.4 Å². The highest BCUT2D eigenvalue weighted by Crippen LogP contribution is 2.33. The second-order valence-electron chi connectivity index (χ2n) is 11.0. The minimum absolute atomic E-state index is 0.0202. The summed E-state index contributed by atoms with van der Waals surface area (Å²) in [5, 5.41) is 22.1. The molecule has 1 aliphatic heterocycles. The number of aromatic nitrogens is 9. The number of rotatable bonds is 9. The van der Waals surface area contributed by atoms with Crippen LogP contribution < -0.4 is 20.4 Å². The van der Waals surface area contributed by atoms with Gasteiger partial charge < -0.3 is 28.8 Å². The van der Waals surface area contributed by atoms with Gasteiger partial charge >= 0.3 is 0 Å². The van der Waals surface area contributed by atoms with Crippen molar-refractivity contribution < 1.29 is 14.7 Å². The molecule has 15 heteroatoms. The molecule has 6 heterocycles. The summed E-state index contributed by atoms with van der Waals surface area (Å²) in [5.74, 6) is 3.06. The third kappa shape index (κ3) is 5.83. The molecule has 15 nitrogen and oxygen atoms in total. The lowest BCUT2D eigenvalue weighted by atomic mass is 9.93. The molecule has 1 saturated heterocycles. The second kappa shape index (κ2) is 12.4. The van der Waals surface area contributed by atoms with Crippen LogP contribution in [0.4, 0.5) is 17.7 Å². The molecule has 0 atom stereocenters. The molecule has 5 aromatic rings. The summed E-state index contributed by atoms with van der Waals surface area (Å²) in [5.41, 5.74) is 4.56. The average Bonchev–Trinajstić information content (AvgIpc) is 3.68. The zero-order chi connectivity index (χ0) is 29.9. The van der Waals surface area contributed by atoms with E-state index in [1.807, 2.05) is 36.0 Å². The number of ether oxygens (including phenoxy) is 2. The van der Waals surface area contributed by atoms with Crippen molar-refractivity contribution in [2.75, 3.05) is 42.0 Å². The monoisotopic (exact) mass is 598 g/mol. The van der Waals surface area contributed by atoms with Gasteiger partial charge in [-0.05, 0) is 37.8 Å². The number of nitrogens with one attached hydrogen (secondary N) is 2. The highest BCUT2D eigenvalue weighted by atomic mass is 16.5. The van der Waals surface area contributed by atoms with Crippen molar-refractivity contribution in [3.63, 3.8) is 0 Å². The minimum atomic E-state index is 0.0202. The Morgan fingerprint density at radius 2 is 1.84 bits per heavy atom. The van der Waals surface area contributed by atoms with Crippen LogP contribution in [0.2, 0.25) is 0 Å². The predicted molar refractivity (Wildman–Crippen MR) is 162 cm³/mol. The Morgan fingerprint density at radius 3 is 2.61 bits per heavy atom. The van der Waals surface area contributed by atoms with Gasteiger partial charge in [0.05, 0.1) is 42.6 Å². The Hall–Kier alpha value is -4.89. The molecule has 0 spiro atoms. The lowest BCUT2D eigenvalue weighted by Gasteiger charge is -2.31. The maximum absolute atomic E-state index is 9.30. The van der Waals surface area contributed by atoms with Gasteiger partial charge in [0.1, 0.15) is 18.2 Å². The summed E-state index contributed by atoms with van der Waals surface area (Å²) in [6.07, 6.45) is 12.3. The van der Waals surface area contributed by atoms with E-state index in [0.29, 0.717) is 49.4 Å². The third-order valence-corrected chi connectivity index (χ3v) is 8.21. The van der Waals surface area contributed by atoms with Crippen molar-refractivity contribution in [1.82, 2.24) is 44.3 Å². The van der Waals surface area contributed by atoms with E-state index in [0.717, 1.165) is 66.8 Å². The summed E-state index contributed by atoms with van der Waals surface area (Å²) in [6, 6.07) is 6.15. The third-order valence-electron chi connectivity index (χ3n) is 8.21. The van der Waals surface area contributed by atoms with Crippen molar-refractivity contribution in [3.8, 4) is 17.3 Å². The van der Waals surface area contributed by atoms with Gasteiger partial charge in [0, 0.05) is 56.4 Å². The van der Waals surface area contributed by atoms with E-state index in [1.54, 1.807) is 29.5 Å². The van der Waals surface area contributed by atoms with Gasteiger partial charge in [-0.2, -0.15) is 4.98 Å². The first kappa shape index (κ1) is 27.9.